The van der Waals surface area contributed by atoms with Gasteiger partial charge in [-0.05, 0) is 33.1 Å². The Balaban J connectivity index is 0.00000125. The molecule has 1 heterocycles. The molecule has 0 atom stereocenters. The maximum absolute atomic E-state index is 13.7. The number of nitrogens with zero attached hydrogens (tertiary/aromatic N) is 1. The summed E-state index contributed by atoms with van der Waals surface area (Å²) in [6.07, 6.45) is 1.28. The fourth-order valence-corrected chi connectivity index (χ4v) is 3.35. The van der Waals surface area contributed by atoms with Gasteiger partial charge in [0.25, 0.3) is 0 Å². The van der Waals surface area contributed by atoms with E-state index in [1.54, 1.807) is 6.07 Å². The van der Waals surface area contributed by atoms with Gasteiger partial charge in [-0.15, -0.1) is 29.0 Å². The maximum Gasteiger partial charge on any atom is 0.140 e. The Kier molecular flexibility index (Phi) is 2.90. The van der Waals surface area contributed by atoms with E-state index in [1.165, 1.54) is 17.0 Å². The minimum atomic E-state index is -0.308. The van der Waals surface area contributed by atoms with Crippen molar-refractivity contribution in [1.82, 2.24) is 4.98 Å². The molecule has 0 unspecified atom stereocenters. The van der Waals surface area contributed by atoms with Crippen molar-refractivity contribution in [2.75, 3.05) is 0 Å². The van der Waals surface area contributed by atoms with Crippen molar-refractivity contribution in [2.24, 2.45) is 0 Å². The number of rotatable bonds is 0. The summed E-state index contributed by atoms with van der Waals surface area (Å²) < 4.78 is 13.7. The molecule has 5 aromatic rings. The molecule has 0 saturated heterocycles. The van der Waals surface area contributed by atoms with Gasteiger partial charge in [0.05, 0.1) is 6.20 Å². The van der Waals surface area contributed by atoms with Gasteiger partial charge in [0.2, 0.25) is 0 Å². The van der Waals surface area contributed by atoms with Crippen LogP contribution in [0.25, 0.3) is 43.2 Å². The third-order valence-electron chi connectivity index (χ3n) is 4.20. The number of hydrogen-bond donors (Lipinski definition) is 0. The summed E-state index contributed by atoms with van der Waals surface area (Å²) in [5, 5.41) is 7.53. The number of fused-ring (bicyclic) bond motifs is 3. The first-order valence-corrected chi connectivity index (χ1v) is 6.85. The van der Waals surface area contributed by atoms with Crippen LogP contribution in [0.3, 0.4) is 0 Å². The molecule has 0 fully saturated rings. The van der Waals surface area contributed by atoms with Gasteiger partial charge in [0.1, 0.15) is 5.82 Å². The van der Waals surface area contributed by atoms with Crippen molar-refractivity contribution in [1.29, 1.82) is 0 Å². The number of benzene rings is 4. The van der Waals surface area contributed by atoms with E-state index in [9.17, 15) is 4.39 Å². The molecule has 0 aliphatic rings. The molecule has 3 heteroatoms. The fraction of sp³-hybridized carbons (Fsp3) is 0. The average molecular weight is 463 g/mol. The molecule has 107 valence electrons. The SMILES string of the molecule is Fc1cnc2c3[c-]ccc4ccc5cccc(c2c1)c5c43.[Ir]. The summed E-state index contributed by atoms with van der Waals surface area (Å²) in [7, 11) is 0. The molecule has 0 bridgehead atoms. The second kappa shape index (κ2) is 4.70. The first-order valence-electron chi connectivity index (χ1n) is 6.85. The van der Waals surface area contributed by atoms with Crippen LogP contribution in [-0.2, 0) is 20.1 Å². The van der Waals surface area contributed by atoms with Gasteiger partial charge >= 0.3 is 0 Å². The number of pyridine rings is 1. The van der Waals surface area contributed by atoms with Crippen LogP contribution in [0.4, 0.5) is 4.39 Å². The van der Waals surface area contributed by atoms with Gasteiger partial charge in [-0.1, -0.05) is 35.7 Å². The van der Waals surface area contributed by atoms with E-state index in [-0.39, 0.29) is 25.9 Å². The molecule has 0 saturated carbocycles. The normalized spacial score (nSPS) is 11.5. The molecule has 0 aliphatic heterocycles. The summed E-state index contributed by atoms with van der Waals surface area (Å²) in [5.41, 5.74) is 0.813. The second-order valence-electron chi connectivity index (χ2n) is 5.34. The molecule has 0 aliphatic carbocycles. The fourth-order valence-electron chi connectivity index (χ4n) is 3.35. The zero-order chi connectivity index (χ0) is 14.0. The Labute approximate surface area is 139 Å². The van der Waals surface area contributed by atoms with Crippen molar-refractivity contribution in [3.05, 3.63) is 66.6 Å². The molecule has 1 nitrogen and oxygen atoms in total. The van der Waals surface area contributed by atoms with E-state index in [4.69, 9.17) is 0 Å². The summed E-state index contributed by atoms with van der Waals surface area (Å²) in [6.45, 7) is 0. The molecular formula is C19H9FIrN-. The van der Waals surface area contributed by atoms with Crippen molar-refractivity contribution in [3.8, 4) is 0 Å². The minimum absolute atomic E-state index is 0. The van der Waals surface area contributed by atoms with Crippen molar-refractivity contribution >= 4 is 43.2 Å². The van der Waals surface area contributed by atoms with E-state index in [0.29, 0.717) is 0 Å². The van der Waals surface area contributed by atoms with Gasteiger partial charge in [0.15, 0.2) is 0 Å². The molecule has 5 rings (SSSR count). The Hall–Kier alpha value is -2.09. The van der Waals surface area contributed by atoms with E-state index >= 15 is 0 Å². The minimum Gasteiger partial charge on any atom is -0.301 e. The van der Waals surface area contributed by atoms with Gasteiger partial charge in [-0.2, -0.15) is 0 Å². The third kappa shape index (κ3) is 1.64. The van der Waals surface area contributed by atoms with Crippen molar-refractivity contribution in [3.63, 3.8) is 0 Å². The quantitative estimate of drug-likeness (QED) is 0.178. The van der Waals surface area contributed by atoms with Gasteiger partial charge in [0, 0.05) is 20.1 Å². The van der Waals surface area contributed by atoms with Crippen LogP contribution in [0.5, 0.6) is 0 Å². The van der Waals surface area contributed by atoms with E-state index in [1.807, 2.05) is 18.2 Å². The topological polar surface area (TPSA) is 12.9 Å². The zero-order valence-corrected chi connectivity index (χ0v) is 13.7. The third-order valence-corrected chi connectivity index (χ3v) is 4.20. The van der Waals surface area contributed by atoms with Crippen LogP contribution in [0.1, 0.15) is 0 Å². The molecular weight excluding hydrogens is 453 g/mol. The first-order chi connectivity index (χ1) is 10.3. The second-order valence-corrected chi connectivity index (χ2v) is 5.34. The van der Waals surface area contributed by atoms with Crippen LogP contribution in [0, 0.1) is 11.9 Å². The van der Waals surface area contributed by atoms with Crippen LogP contribution in [-0.4, -0.2) is 4.98 Å². The first kappa shape index (κ1) is 13.6. The van der Waals surface area contributed by atoms with E-state index < -0.39 is 0 Å². The summed E-state index contributed by atoms with van der Waals surface area (Å²) in [5.74, 6) is -0.308. The molecule has 4 aromatic carbocycles. The Bertz CT molecular complexity index is 1150. The smallest absolute Gasteiger partial charge is 0.140 e. The molecule has 0 amide bonds. The van der Waals surface area contributed by atoms with Gasteiger partial charge in [-0.25, -0.2) is 4.39 Å². The zero-order valence-electron chi connectivity index (χ0n) is 11.4. The Morgan fingerprint density at radius 2 is 1.73 bits per heavy atom. The number of halogens is 1. The Morgan fingerprint density at radius 1 is 0.909 bits per heavy atom. The maximum atomic E-state index is 13.7. The van der Waals surface area contributed by atoms with E-state index in [2.05, 4.69) is 35.3 Å². The van der Waals surface area contributed by atoms with Crippen LogP contribution < -0.4 is 0 Å². The predicted molar refractivity (Wildman–Crippen MR) is 84.2 cm³/mol. The molecule has 22 heavy (non-hydrogen) atoms. The molecule has 1 radical (unpaired) electrons. The summed E-state index contributed by atoms with van der Waals surface area (Å²) in [4.78, 5) is 4.32. The summed E-state index contributed by atoms with van der Waals surface area (Å²) >= 11 is 0. The molecule has 1 aromatic heterocycles. The largest absolute Gasteiger partial charge is 0.301 e. The average Bonchev–Trinajstić information content (AvgIpc) is 2.53. The van der Waals surface area contributed by atoms with Crippen LogP contribution in [0.2, 0.25) is 0 Å². The van der Waals surface area contributed by atoms with Crippen molar-refractivity contribution in [2.45, 2.75) is 0 Å². The number of hydrogen-bond acceptors (Lipinski definition) is 1. The van der Waals surface area contributed by atoms with Crippen molar-refractivity contribution < 1.29 is 24.5 Å². The predicted octanol–water partition coefficient (Wildman–Crippen LogP) is 5.07. The molecule has 0 spiro atoms. The monoisotopic (exact) mass is 463 g/mol. The van der Waals surface area contributed by atoms with E-state index in [0.717, 1.165) is 32.4 Å². The summed E-state index contributed by atoms with van der Waals surface area (Å²) in [6, 6.07) is 19.2. The van der Waals surface area contributed by atoms with Gasteiger partial charge < -0.3 is 4.98 Å². The standard InChI is InChI=1S/C19H9FN.Ir/c20-13-9-16-14-5-1-3-11-7-8-12-4-2-6-15(18(12)17(11)14)19(16)21-10-13;/h1-5,7-10H;/q-1;. The van der Waals surface area contributed by atoms with Gasteiger partial charge in [-0.3, -0.25) is 0 Å². The Morgan fingerprint density at radius 3 is 2.59 bits per heavy atom. The van der Waals surface area contributed by atoms with Crippen LogP contribution >= 0.6 is 0 Å². The number of aromatic nitrogens is 1. The molecule has 0 N–H and O–H groups in total. The van der Waals surface area contributed by atoms with Crippen LogP contribution in [0.15, 0.2) is 54.7 Å².